The Labute approximate surface area is 171 Å². The fourth-order valence-electron chi connectivity index (χ4n) is 3.05. The van der Waals surface area contributed by atoms with Crippen LogP contribution in [-0.4, -0.2) is 26.3 Å². The Kier molecular flexibility index (Phi) is 6.20. The lowest BCUT2D eigenvalue weighted by atomic mass is 10.1. The molecule has 6 nitrogen and oxygen atoms in total. The van der Waals surface area contributed by atoms with E-state index in [1.165, 1.54) is 12.1 Å². The second-order valence-electron chi connectivity index (χ2n) is 6.93. The zero-order chi connectivity index (χ0) is 21.0. The minimum atomic E-state index is -3.73. The van der Waals surface area contributed by atoms with Gasteiger partial charge in [-0.05, 0) is 36.8 Å². The van der Waals surface area contributed by atoms with Gasteiger partial charge in [-0.15, -0.1) is 0 Å². The second-order valence-corrected chi connectivity index (χ2v) is 8.49. The summed E-state index contributed by atoms with van der Waals surface area (Å²) in [6.07, 6.45) is 0.824. The van der Waals surface area contributed by atoms with E-state index in [0.29, 0.717) is 12.8 Å². The summed E-state index contributed by atoms with van der Waals surface area (Å²) >= 11 is 0. The van der Waals surface area contributed by atoms with Crippen molar-refractivity contribution in [3.8, 4) is 11.3 Å². The third-order valence-corrected chi connectivity index (χ3v) is 5.90. The molecule has 0 bridgehead atoms. The van der Waals surface area contributed by atoms with Crippen molar-refractivity contribution in [2.75, 3.05) is 7.05 Å². The number of sulfonamides is 1. The molecule has 3 rings (SSSR count). The largest absolute Gasteiger partial charge is 0.461 e. The van der Waals surface area contributed by atoms with E-state index in [-0.39, 0.29) is 16.8 Å². The number of hydrogen-bond acceptors (Lipinski definition) is 4. The van der Waals surface area contributed by atoms with E-state index in [4.69, 9.17) is 9.56 Å². The number of carbonyl (C=O) groups is 1. The average molecular weight is 413 g/mol. The monoisotopic (exact) mass is 412 g/mol. The van der Waals surface area contributed by atoms with Gasteiger partial charge in [0.25, 0.3) is 0 Å². The molecule has 1 heterocycles. The van der Waals surface area contributed by atoms with Crippen LogP contribution in [0, 0.1) is 0 Å². The molecule has 152 valence electrons. The summed E-state index contributed by atoms with van der Waals surface area (Å²) in [4.78, 5) is 14.3. The molecular weight excluding hydrogens is 388 g/mol. The summed E-state index contributed by atoms with van der Waals surface area (Å²) in [7, 11) is -2.00. The SMILES string of the molecule is CC(c1ccc(S(N)(=O)=O)cc1)N(C)C(=O)CCc1ccc(-c2ccccc2)o1. The molecule has 1 atom stereocenters. The van der Waals surface area contributed by atoms with Crippen molar-refractivity contribution in [1.29, 1.82) is 0 Å². The Morgan fingerprint density at radius 3 is 2.31 bits per heavy atom. The van der Waals surface area contributed by atoms with Crippen molar-refractivity contribution in [1.82, 2.24) is 4.90 Å². The number of carbonyl (C=O) groups excluding carboxylic acids is 1. The lowest BCUT2D eigenvalue weighted by Gasteiger charge is -2.25. The van der Waals surface area contributed by atoms with Crippen molar-refractivity contribution >= 4 is 15.9 Å². The number of nitrogens with zero attached hydrogens (tertiary/aromatic N) is 1. The number of hydrogen-bond donors (Lipinski definition) is 1. The minimum absolute atomic E-state index is 0.0225. The summed E-state index contributed by atoms with van der Waals surface area (Å²) < 4.78 is 28.6. The summed E-state index contributed by atoms with van der Waals surface area (Å²) in [6, 6.07) is 19.7. The average Bonchev–Trinajstić information content (AvgIpc) is 3.20. The van der Waals surface area contributed by atoms with E-state index in [1.807, 2.05) is 49.4 Å². The van der Waals surface area contributed by atoms with E-state index < -0.39 is 10.0 Å². The highest BCUT2D eigenvalue weighted by molar-refractivity contribution is 7.89. The number of benzene rings is 2. The lowest BCUT2D eigenvalue weighted by Crippen LogP contribution is -2.29. The van der Waals surface area contributed by atoms with E-state index in [1.54, 1.807) is 24.1 Å². The second kappa shape index (κ2) is 8.63. The quantitative estimate of drug-likeness (QED) is 0.639. The molecule has 0 saturated carbocycles. The minimum Gasteiger partial charge on any atom is -0.461 e. The number of amides is 1. The molecular formula is C22H24N2O4S. The van der Waals surface area contributed by atoms with Gasteiger partial charge in [-0.25, -0.2) is 13.6 Å². The van der Waals surface area contributed by atoms with Crippen molar-refractivity contribution in [3.63, 3.8) is 0 Å². The smallest absolute Gasteiger partial charge is 0.238 e. The van der Waals surface area contributed by atoms with Crippen LogP contribution in [0.3, 0.4) is 0 Å². The predicted molar refractivity (Wildman–Crippen MR) is 111 cm³/mol. The first kappa shape index (κ1) is 20.8. The molecule has 0 aliphatic rings. The van der Waals surface area contributed by atoms with Crippen LogP contribution in [0.15, 0.2) is 76.0 Å². The topological polar surface area (TPSA) is 93.6 Å². The molecule has 2 aromatic carbocycles. The van der Waals surface area contributed by atoms with Gasteiger partial charge in [-0.1, -0.05) is 42.5 Å². The first-order valence-electron chi connectivity index (χ1n) is 9.28. The van der Waals surface area contributed by atoms with Crippen LogP contribution in [0.1, 0.15) is 30.7 Å². The molecule has 0 aliphatic heterocycles. The number of primary sulfonamides is 1. The van der Waals surface area contributed by atoms with Gasteiger partial charge in [-0.3, -0.25) is 4.79 Å². The molecule has 1 aromatic heterocycles. The zero-order valence-electron chi connectivity index (χ0n) is 16.4. The third kappa shape index (κ3) is 5.13. The van der Waals surface area contributed by atoms with Gasteiger partial charge in [0.1, 0.15) is 11.5 Å². The number of nitrogens with two attached hydrogens (primary N) is 1. The lowest BCUT2D eigenvalue weighted by molar-refractivity contribution is -0.131. The Bertz CT molecular complexity index is 1070. The highest BCUT2D eigenvalue weighted by Crippen LogP contribution is 2.24. The van der Waals surface area contributed by atoms with Crippen LogP contribution < -0.4 is 5.14 Å². The van der Waals surface area contributed by atoms with Gasteiger partial charge in [0.15, 0.2) is 0 Å². The van der Waals surface area contributed by atoms with Crippen LogP contribution in [0.25, 0.3) is 11.3 Å². The van der Waals surface area contributed by atoms with Crippen LogP contribution in [0.2, 0.25) is 0 Å². The zero-order valence-corrected chi connectivity index (χ0v) is 17.2. The summed E-state index contributed by atoms with van der Waals surface area (Å²) in [6.45, 7) is 1.89. The number of furan rings is 1. The van der Waals surface area contributed by atoms with Crippen LogP contribution in [0.5, 0.6) is 0 Å². The molecule has 1 amide bonds. The van der Waals surface area contributed by atoms with Gasteiger partial charge in [0.2, 0.25) is 15.9 Å². The van der Waals surface area contributed by atoms with Crippen LogP contribution in [-0.2, 0) is 21.2 Å². The number of rotatable bonds is 7. The highest BCUT2D eigenvalue weighted by atomic mass is 32.2. The van der Waals surface area contributed by atoms with E-state index in [0.717, 1.165) is 22.6 Å². The molecule has 0 saturated heterocycles. The Balaban J connectivity index is 1.60. The van der Waals surface area contributed by atoms with Gasteiger partial charge in [-0.2, -0.15) is 0 Å². The van der Waals surface area contributed by atoms with Gasteiger partial charge < -0.3 is 9.32 Å². The van der Waals surface area contributed by atoms with E-state index >= 15 is 0 Å². The third-order valence-electron chi connectivity index (χ3n) is 4.97. The summed E-state index contributed by atoms with van der Waals surface area (Å²) in [5, 5.41) is 5.12. The maximum atomic E-state index is 12.6. The van der Waals surface area contributed by atoms with Gasteiger partial charge in [0.05, 0.1) is 10.9 Å². The normalized spacial score (nSPS) is 12.5. The van der Waals surface area contributed by atoms with E-state index in [2.05, 4.69) is 0 Å². The Hall–Kier alpha value is -2.90. The fraction of sp³-hybridized carbons (Fsp3) is 0.227. The molecule has 3 aromatic rings. The van der Waals surface area contributed by atoms with Crippen molar-refractivity contribution in [3.05, 3.63) is 78.1 Å². The molecule has 29 heavy (non-hydrogen) atoms. The molecule has 0 radical (unpaired) electrons. The maximum absolute atomic E-state index is 12.6. The molecule has 7 heteroatoms. The fourth-order valence-corrected chi connectivity index (χ4v) is 3.57. The predicted octanol–water partition coefficient (Wildman–Crippen LogP) is 3.75. The summed E-state index contributed by atoms with van der Waals surface area (Å²) in [5.41, 5.74) is 1.83. The molecule has 0 aliphatic carbocycles. The standard InChI is InChI=1S/C22H24N2O4S/c1-16(17-8-12-20(13-9-17)29(23,26)27)24(2)22(25)15-11-19-10-14-21(28-19)18-6-4-3-5-7-18/h3-10,12-14,16H,11,15H2,1-2H3,(H2,23,26,27). The van der Waals surface area contributed by atoms with Crippen LogP contribution >= 0.6 is 0 Å². The first-order chi connectivity index (χ1) is 13.8. The molecule has 2 N–H and O–H groups in total. The highest BCUT2D eigenvalue weighted by Gasteiger charge is 2.18. The molecule has 1 unspecified atom stereocenters. The van der Waals surface area contributed by atoms with E-state index in [9.17, 15) is 13.2 Å². The van der Waals surface area contributed by atoms with Crippen molar-refractivity contribution < 1.29 is 17.6 Å². The number of aryl methyl sites for hydroxylation is 1. The van der Waals surface area contributed by atoms with Crippen molar-refractivity contribution in [2.24, 2.45) is 5.14 Å². The maximum Gasteiger partial charge on any atom is 0.238 e. The Morgan fingerprint density at radius 1 is 1.03 bits per heavy atom. The first-order valence-corrected chi connectivity index (χ1v) is 10.8. The molecule has 0 spiro atoms. The van der Waals surface area contributed by atoms with Gasteiger partial charge in [0, 0.05) is 25.5 Å². The van der Waals surface area contributed by atoms with Gasteiger partial charge >= 0.3 is 0 Å². The Morgan fingerprint density at radius 2 is 1.69 bits per heavy atom. The molecule has 0 fully saturated rings. The van der Waals surface area contributed by atoms with Crippen LogP contribution in [0.4, 0.5) is 0 Å². The van der Waals surface area contributed by atoms with Crippen molar-refractivity contribution in [2.45, 2.75) is 30.7 Å². The summed E-state index contributed by atoms with van der Waals surface area (Å²) in [5.74, 6) is 1.52.